The van der Waals surface area contributed by atoms with Gasteiger partial charge in [-0.1, -0.05) is 12.1 Å². The smallest absolute Gasteiger partial charge is 0.214 e. The van der Waals surface area contributed by atoms with Gasteiger partial charge in [-0.2, -0.15) is 4.39 Å². The third-order valence-electron chi connectivity index (χ3n) is 4.17. The highest BCUT2D eigenvalue weighted by molar-refractivity contribution is 7.90. The number of aromatic nitrogens is 1. The van der Waals surface area contributed by atoms with Crippen LogP contribution in [0.4, 0.5) is 4.39 Å². The van der Waals surface area contributed by atoms with E-state index in [9.17, 15) is 12.8 Å². The molecule has 8 heteroatoms. The van der Waals surface area contributed by atoms with Gasteiger partial charge in [-0.15, -0.1) is 0 Å². The monoisotopic (exact) mass is 380 g/mol. The molecule has 3 rings (SSSR count). The zero-order valence-corrected chi connectivity index (χ0v) is 15.4. The molecule has 0 amide bonds. The van der Waals surface area contributed by atoms with E-state index in [4.69, 9.17) is 9.47 Å². The van der Waals surface area contributed by atoms with Crippen LogP contribution in [0.5, 0.6) is 5.75 Å². The summed E-state index contributed by atoms with van der Waals surface area (Å²) in [6, 6.07) is 9.78. The number of nitrogens with zero attached hydrogens (tertiary/aromatic N) is 1. The summed E-state index contributed by atoms with van der Waals surface area (Å²) in [7, 11) is -3.40. The van der Waals surface area contributed by atoms with E-state index < -0.39 is 33.4 Å². The van der Waals surface area contributed by atoms with Crippen LogP contribution < -0.4 is 9.46 Å². The molecule has 1 N–H and O–H groups in total. The topological polar surface area (TPSA) is 77.5 Å². The van der Waals surface area contributed by atoms with Crippen LogP contribution in [0.25, 0.3) is 11.1 Å². The Bertz CT molecular complexity index is 838. The number of sulfonamides is 1. The lowest BCUT2D eigenvalue weighted by molar-refractivity contribution is 0.140. The molecule has 0 spiro atoms. The van der Waals surface area contributed by atoms with Gasteiger partial charge in [0.2, 0.25) is 16.0 Å². The van der Waals surface area contributed by atoms with Gasteiger partial charge in [0.1, 0.15) is 11.9 Å². The SMILES string of the molecule is CC(C)S(=O)(=O)N[C@@H]1COC[C@@H]1Oc1ccc(-c2ccc(F)nc2)cc1. The van der Waals surface area contributed by atoms with Crippen molar-refractivity contribution in [2.45, 2.75) is 31.2 Å². The fraction of sp³-hybridized carbons (Fsp3) is 0.389. The average molecular weight is 380 g/mol. The summed E-state index contributed by atoms with van der Waals surface area (Å²) >= 11 is 0. The summed E-state index contributed by atoms with van der Waals surface area (Å²) < 4.78 is 50.9. The highest BCUT2D eigenvalue weighted by atomic mass is 32.2. The Hall–Kier alpha value is -2.03. The zero-order valence-electron chi connectivity index (χ0n) is 14.6. The normalized spacial score (nSPS) is 20.5. The summed E-state index contributed by atoms with van der Waals surface area (Å²) in [5, 5.41) is -0.521. The van der Waals surface area contributed by atoms with Crippen molar-refractivity contribution in [3.05, 3.63) is 48.5 Å². The molecule has 140 valence electrons. The number of hydrogen-bond donors (Lipinski definition) is 1. The van der Waals surface area contributed by atoms with Gasteiger partial charge in [-0.05, 0) is 43.7 Å². The van der Waals surface area contributed by atoms with Gasteiger partial charge in [0.25, 0.3) is 0 Å². The molecule has 1 aliphatic rings. The average Bonchev–Trinajstić information content (AvgIpc) is 3.02. The fourth-order valence-electron chi connectivity index (χ4n) is 2.56. The van der Waals surface area contributed by atoms with E-state index in [0.29, 0.717) is 12.4 Å². The second-order valence-corrected chi connectivity index (χ2v) is 8.67. The number of benzene rings is 1. The molecule has 0 bridgehead atoms. The van der Waals surface area contributed by atoms with E-state index in [2.05, 4.69) is 9.71 Å². The lowest BCUT2D eigenvalue weighted by atomic mass is 10.1. The van der Waals surface area contributed by atoms with E-state index >= 15 is 0 Å². The van der Waals surface area contributed by atoms with Crippen LogP contribution in [-0.4, -0.2) is 44.0 Å². The molecular weight excluding hydrogens is 359 g/mol. The Kier molecular flexibility index (Phi) is 5.55. The Morgan fingerprint density at radius 1 is 1.15 bits per heavy atom. The maximum absolute atomic E-state index is 12.9. The molecule has 1 fully saturated rings. The molecular formula is C18H21FN2O4S. The van der Waals surface area contributed by atoms with Crippen molar-refractivity contribution in [2.75, 3.05) is 13.2 Å². The van der Waals surface area contributed by atoms with Crippen molar-refractivity contribution in [3.8, 4) is 16.9 Å². The summed E-state index contributed by atoms with van der Waals surface area (Å²) in [6.45, 7) is 3.83. The molecule has 0 aliphatic carbocycles. The minimum atomic E-state index is -3.40. The maximum Gasteiger partial charge on any atom is 0.214 e. The second kappa shape index (κ2) is 7.69. The molecule has 26 heavy (non-hydrogen) atoms. The van der Waals surface area contributed by atoms with E-state index in [-0.39, 0.29) is 6.61 Å². The van der Waals surface area contributed by atoms with Crippen molar-refractivity contribution >= 4 is 10.0 Å². The molecule has 1 saturated heterocycles. The zero-order chi connectivity index (χ0) is 18.7. The maximum atomic E-state index is 12.9. The fourth-order valence-corrected chi connectivity index (χ4v) is 3.47. The van der Waals surface area contributed by atoms with Gasteiger partial charge in [0.15, 0.2) is 0 Å². The van der Waals surface area contributed by atoms with Crippen LogP contribution in [0.2, 0.25) is 0 Å². The number of hydrogen-bond acceptors (Lipinski definition) is 5. The van der Waals surface area contributed by atoms with Gasteiger partial charge < -0.3 is 9.47 Å². The number of nitrogens with one attached hydrogen (secondary N) is 1. The largest absolute Gasteiger partial charge is 0.486 e. The summed E-state index contributed by atoms with van der Waals surface area (Å²) in [5.41, 5.74) is 1.68. The summed E-state index contributed by atoms with van der Waals surface area (Å²) in [4.78, 5) is 3.64. The van der Waals surface area contributed by atoms with Gasteiger partial charge in [0, 0.05) is 11.8 Å². The highest BCUT2D eigenvalue weighted by Gasteiger charge is 2.34. The van der Waals surface area contributed by atoms with E-state index in [1.54, 1.807) is 32.0 Å². The first-order valence-electron chi connectivity index (χ1n) is 8.33. The molecule has 1 aromatic carbocycles. The third-order valence-corrected chi connectivity index (χ3v) is 6.04. The van der Waals surface area contributed by atoms with Crippen molar-refractivity contribution in [1.29, 1.82) is 0 Å². The Balaban J connectivity index is 1.67. The molecule has 6 nitrogen and oxygen atoms in total. The van der Waals surface area contributed by atoms with Crippen LogP contribution in [0, 0.1) is 5.95 Å². The first-order chi connectivity index (χ1) is 12.3. The minimum Gasteiger partial charge on any atom is -0.486 e. The van der Waals surface area contributed by atoms with Gasteiger partial charge >= 0.3 is 0 Å². The Labute approximate surface area is 152 Å². The molecule has 1 aliphatic heterocycles. The standard InChI is InChI=1S/C18H21FN2O4S/c1-12(2)26(22,23)21-16-10-24-11-17(16)25-15-6-3-13(4-7-15)14-5-8-18(19)20-9-14/h3-9,12,16-17,21H,10-11H2,1-2H3/t16-,17+/m1/s1. The van der Waals surface area contributed by atoms with Crippen LogP contribution in [0.15, 0.2) is 42.6 Å². The Morgan fingerprint density at radius 2 is 1.85 bits per heavy atom. The third kappa shape index (κ3) is 4.38. The number of ether oxygens (including phenoxy) is 2. The predicted octanol–water partition coefficient (Wildman–Crippen LogP) is 2.36. The summed E-state index contributed by atoms with van der Waals surface area (Å²) in [5.74, 6) is 0.0814. The van der Waals surface area contributed by atoms with Crippen LogP contribution in [0.1, 0.15) is 13.8 Å². The van der Waals surface area contributed by atoms with E-state index in [0.717, 1.165) is 11.1 Å². The predicted molar refractivity (Wildman–Crippen MR) is 95.8 cm³/mol. The second-order valence-electron chi connectivity index (χ2n) is 6.41. The molecule has 2 aromatic rings. The van der Waals surface area contributed by atoms with Gasteiger partial charge in [-0.3, -0.25) is 0 Å². The van der Waals surface area contributed by atoms with Crippen molar-refractivity contribution in [1.82, 2.24) is 9.71 Å². The van der Waals surface area contributed by atoms with E-state index in [1.807, 2.05) is 12.1 Å². The van der Waals surface area contributed by atoms with Crippen LogP contribution >= 0.6 is 0 Å². The molecule has 1 aromatic heterocycles. The molecule has 0 unspecified atom stereocenters. The highest BCUT2D eigenvalue weighted by Crippen LogP contribution is 2.24. The van der Waals surface area contributed by atoms with Crippen molar-refractivity contribution in [3.63, 3.8) is 0 Å². The number of rotatable bonds is 6. The number of pyridine rings is 1. The first-order valence-corrected chi connectivity index (χ1v) is 9.87. The quantitative estimate of drug-likeness (QED) is 0.779. The van der Waals surface area contributed by atoms with Crippen molar-refractivity contribution < 1.29 is 22.3 Å². The van der Waals surface area contributed by atoms with Crippen LogP contribution in [-0.2, 0) is 14.8 Å². The van der Waals surface area contributed by atoms with Crippen molar-refractivity contribution in [2.24, 2.45) is 0 Å². The summed E-state index contributed by atoms with van der Waals surface area (Å²) in [6.07, 6.45) is 1.06. The molecule has 2 heterocycles. The lowest BCUT2D eigenvalue weighted by Gasteiger charge is -2.21. The minimum absolute atomic E-state index is 0.274. The lowest BCUT2D eigenvalue weighted by Crippen LogP contribution is -2.47. The molecule has 0 radical (unpaired) electrons. The first kappa shape index (κ1) is 18.8. The van der Waals surface area contributed by atoms with Crippen LogP contribution in [0.3, 0.4) is 0 Å². The Morgan fingerprint density at radius 3 is 2.46 bits per heavy atom. The van der Waals surface area contributed by atoms with Gasteiger partial charge in [0.05, 0.1) is 24.5 Å². The molecule has 2 atom stereocenters. The van der Waals surface area contributed by atoms with E-state index in [1.165, 1.54) is 12.3 Å². The molecule has 0 saturated carbocycles. The number of halogens is 1. The van der Waals surface area contributed by atoms with Gasteiger partial charge in [-0.25, -0.2) is 18.1 Å².